The monoisotopic (exact) mass is 572 g/mol. The topological polar surface area (TPSA) is 73.8 Å². The Kier molecular flexibility index (Phi) is 7.14. The van der Waals surface area contributed by atoms with Crippen LogP contribution >= 0.6 is 46.1 Å². The predicted octanol–water partition coefficient (Wildman–Crippen LogP) is 6.02. The first kappa shape index (κ1) is 25.5. The number of benzene rings is 2. The molecule has 0 amide bonds. The quantitative estimate of drug-likeness (QED) is 0.274. The van der Waals surface area contributed by atoms with Crippen molar-refractivity contribution >= 4 is 58.2 Å². The molecule has 0 radical (unpaired) electrons. The first-order valence-electron chi connectivity index (χ1n) is 11.3. The number of allylic oxidation sites excluding steroid dienone is 1. The molecule has 0 bridgehead atoms. The van der Waals surface area contributed by atoms with Crippen molar-refractivity contribution in [3.8, 4) is 11.3 Å². The van der Waals surface area contributed by atoms with Gasteiger partial charge in [0, 0.05) is 16.7 Å². The summed E-state index contributed by atoms with van der Waals surface area (Å²) in [4.78, 5) is 31.7. The van der Waals surface area contributed by atoms with Crippen molar-refractivity contribution in [2.24, 2.45) is 4.99 Å². The highest BCUT2D eigenvalue weighted by atomic mass is 35.5. The van der Waals surface area contributed by atoms with E-state index in [1.54, 1.807) is 74.5 Å². The number of aromatic nitrogens is 1. The van der Waals surface area contributed by atoms with E-state index in [9.17, 15) is 9.59 Å². The zero-order valence-corrected chi connectivity index (χ0v) is 22.7. The number of hydrogen-bond acceptors (Lipinski definition) is 6. The fourth-order valence-corrected chi connectivity index (χ4v) is 5.57. The highest BCUT2D eigenvalue weighted by molar-refractivity contribution is 7.07. The van der Waals surface area contributed by atoms with Crippen LogP contribution in [0.1, 0.15) is 31.2 Å². The van der Waals surface area contributed by atoms with Crippen LogP contribution in [0.4, 0.5) is 0 Å². The van der Waals surface area contributed by atoms with Crippen LogP contribution in [0.3, 0.4) is 0 Å². The molecule has 0 N–H and O–H groups in total. The third-order valence-electron chi connectivity index (χ3n) is 5.81. The SMILES string of the molecule is CCOC(=O)C1=C(C)N=c2s/c(=C\c3ccc(-c4ccc(Cl)c(Cl)c4)o3)c(=O)n2C1c1ccc(Cl)cc1. The van der Waals surface area contributed by atoms with Gasteiger partial charge in [0.25, 0.3) is 5.56 Å². The highest BCUT2D eigenvalue weighted by Crippen LogP contribution is 2.32. The molecule has 1 atom stereocenters. The normalized spacial score (nSPS) is 15.5. The molecule has 4 aromatic rings. The largest absolute Gasteiger partial charge is 0.463 e. The van der Waals surface area contributed by atoms with Crippen LogP contribution in [0.25, 0.3) is 17.4 Å². The molecule has 6 nitrogen and oxygen atoms in total. The number of carbonyl (C=O) groups is 1. The van der Waals surface area contributed by atoms with Crippen molar-refractivity contribution in [3.05, 3.63) is 112 Å². The Hall–Kier alpha value is -3.10. The smallest absolute Gasteiger partial charge is 0.338 e. The Morgan fingerprint density at radius 2 is 1.86 bits per heavy atom. The van der Waals surface area contributed by atoms with Gasteiger partial charge in [-0.05, 0) is 61.9 Å². The van der Waals surface area contributed by atoms with Gasteiger partial charge in [0.2, 0.25) is 0 Å². The molecule has 0 aliphatic carbocycles. The number of rotatable bonds is 5. The van der Waals surface area contributed by atoms with Gasteiger partial charge in [0.15, 0.2) is 4.80 Å². The Morgan fingerprint density at radius 3 is 2.57 bits per heavy atom. The zero-order chi connectivity index (χ0) is 26.3. The van der Waals surface area contributed by atoms with E-state index in [2.05, 4.69) is 4.99 Å². The molecule has 10 heteroatoms. The van der Waals surface area contributed by atoms with Gasteiger partial charge >= 0.3 is 5.97 Å². The maximum Gasteiger partial charge on any atom is 0.338 e. The number of ether oxygens (including phenoxy) is 1. The maximum absolute atomic E-state index is 13.7. The molecule has 5 rings (SSSR count). The minimum absolute atomic E-state index is 0.201. The van der Waals surface area contributed by atoms with E-state index in [1.807, 2.05) is 0 Å². The van der Waals surface area contributed by atoms with Crippen LogP contribution in [-0.4, -0.2) is 17.1 Å². The molecule has 0 fully saturated rings. The Labute approximate surface area is 230 Å². The van der Waals surface area contributed by atoms with Gasteiger partial charge in [-0.1, -0.05) is 58.3 Å². The first-order valence-corrected chi connectivity index (χ1v) is 13.2. The lowest BCUT2D eigenvalue weighted by Gasteiger charge is -2.24. The zero-order valence-electron chi connectivity index (χ0n) is 19.6. The summed E-state index contributed by atoms with van der Waals surface area (Å²) in [6.07, 6.45) is 1.66. The lowest BCUT2D eigenvalue weighted by Crippen LogP contribution is -2.39. The number of furan rings is 1. The fraction of sp³-hybridized carbons (Fsp3) is 0.148. The molecule has 3 heterocycles. The fourth-order valence-electron chi connectivity index (χ4n) is 4.12. The summed E-state index contributed by atoms with van der Waals surface area (Å²) < 4.78 is 13.2. The standard InChI is InChI=1S/C27H19Cl3N2O4S/c1-3-35-26(34)23-14(2)31-27-32(24(23)15-4-7-17(28)8-5-15)25(33)22(37-27)13-18-9-11-21(36-18)16-6-10-19(29)20(30)12-16/h4-13,24H,3H2,1-2H3/b22-13-. The summed E-state index contributed by atoms with van der Waals surface area (Å²) in [5, 5.41) is 1.41. The van der Waals surface area contributed by atoms with Crippen molar-refractivity contribution in [2.75, 3.05) is 6.61 Å². The maximum atomic E-state index is 13.7. The van der Waals surface area contributed by atoms with Crippen molar-refractivity contribution in [2.45, 2.75) is 19.9 Å². The third-order valence-corrected chi connectivity index (χ3v) is 7.78. The number of nitrogens with zero attached hydrogens (tertiary/aromatic N) is 2. The van der Waals surface area contributed by atoms with Gasteiger partial charge in [0.05, 0.1) is 38.5 Å². The summed E-state index contributed by atoms with van der Waals surface area (Å²) >= 11 is 19.5. The summed E-state index contributed by atoms with van der Waals surface area (Å²) in [5.41, 5.74) is 1.97. The number of carbonyl (C=O) groups excluding carboxylic acids is 1. The third kappa shape index (κ3) is 4.92. The van der Waals surface area contributed by atoms with Gasteiger partial charge in [-0.25, -0.2) is 9.79 Å². The van der Waals surface area contributed by atoms with Gasteiger partial charge in [-0.3, -0.25) is 9.36 Å². The van der Waals surface area contributed by atoms with E-state index in [0.29, 0.717) is 52.8 Å². The molecular weight excluding hydrogens is 555 g/mol. The molecule has 37 heavy (non-hydrogen) atoms. The summed E-state index contributed by atoms with van der Waals surface area (Å²) in [6.45, 7) is 3.67. The summed E-state index contributed by atoms with van der Waals surface area (Å²) in [7, 11) is 0. The molecule has 0 saturated heterocycles. The van der Waals surface area contributed by atoms with Crippen molar-refractivity contribution in [3.63, 3.8) is 0 Å². The first-order chi connectivity index (χ1) is 17.8. The van der Waals surface area contributed by atoms with Gasteiger partial charge < -0.3 is 9.15 Å². The molecule has 2 aromatic carbocycles. The average molecular weight is 574 g/mol. The molecule has 1 unspecified atom stereocenters. The van der Waals surface area contributed by atoms with E-state index in [4.69, 9.17) is 44.0 Å². The molecule has 188 valence electrons. The van der Waals surface area contributed by atoms with Gasteiger partial charge in [0.1, 0.15) is 11.5 Å². The minimum atomic E-state index is -0.710. The van der Waals surface area contributed by atoms with Crippen LogP contribution in [-0.2, 0) is 9.53 Å². The second kappa shape index (κ2) is 10.3. The van der Waals surface area contributed by atoms with E-state index in [-0.39, 0.29) is 12.2 Å². The lowest BCUT2D eigenvalue weighted by molar-refractivity contribution is -0.139. The van der Waals surface area contributed by atoms with E-state index < -0.39 is 12.0 Å². The molecule has 2 aromatic heterocycles. The molecule has 0 saturated carbocycles. The van der Waals surface area contributed by atoms with Crippen molar-refractivity contribution < 1.29 is 13.9 Å². The number of thiazole rings is 1. The summed E-state index contributed by atoms with van der Waals surface area (Å²) in [5.74, 6) is 0.545. The van der Waals surface area contributed by atoms with Crippen LogP contribution in [0, 0.1) is 0 Å². The Bertz CT molecular complexity index is 1730. The van der Waals surface area contributed by atoms with Crippen LogP contribution < -0.4 is 14.9 Å². The lowest BCUT2D eigenvalue weighted by atomic mass is 9.96. The van der Waals surface area contributed by atoms with Crippen LogP contribution in [0.5, 0.6) is 0 Å². The second-order valence-corrected chi connectivity index (χ2v) is 10.4. The Morgan fingerprint density at radius 1 is 1.11 bits per heavy atom. The van der Waals surface area contributed by atoms with Crippen molar-refractivity contribution in [1.82, 2.24) is 4.57 Å². The summed E-state index contributed by atoms with van der Waals surface area (Å²) in [6, 6.07) is 15.1. The predicted molar refractivity (Wildman–Crippen MR) is 146 cm³/mol. The molecule has 1 aliphatic rings. The van der Waals surface area contributed by atoms with E-state index in [1.165, 1.54) is 15.9 Å². The second-order valence-electron chi connectivity index (χ2n) is 8.18. The Balaban J connectivity index is 1.62. The van der Waals surface area contributed by atoms with Crippen LogP contribution in [0.2, 0.25) is 15.1 Å². The number of esters is 1. The highest BCUT2D eigenvalue weighted by Gasteiger charge is 2.33. The van der Waals surface area contributed by atoms with E-state index in [0.717, 1.165) is 5.56 Å². The molecular formula is C27H19Cl3N2O4S. The van der Waals surface area contributed by atoms with E-state index >= 15 is 0 Å². The molecule has 1 aliphatic heterocycles. The number of halogens is 3. The van der Waals surface area contributed by atoms with Crippen molar-refractivity contribution in [1.29, 1.82) is 0 Å². The number of fused-ring (bicyclic) bond motifs is 1. The van der Waals surface area contributed by atoms with Gasteiger partial charge in [-0.15, -0.1) is 0 Å². The molecule has 0 spiro atoms. The minimum Gasteiger partial charge on any atom is -0.463 e. The number of hydrogen-bond donors (Lipinski definition) is 0. The van der Waals surface area contributed by atoms with Gasteiger partial charge in [-0.2, -0.15) is 0 Å². The van der Waals surface area contributed by atoms with Crippen LogP contribution in [0.15, 0.2) is 80.1 Å². The average Bonchev–Trinajstić information content (AvgIpc) is 3.45.